The molecule has 3 aliphatic rings. The van der Waals surface area contributed by atoms with Crippen molar-refractivity contribution in [1.82, 2.24) is 25.7 Å². The molecule has 9 nitrogen and oxygen atoms in total. The maximum Gasteiger partial charge on any atom is 0.416 e. The first kappa shape index (κ1) is 34.5. The van der Waals surface area contributed by atoms with Gasteiger partial charge in [-0.15, -0.1) is 0 Å². The van der Waals surface area contributed by atoms with Gasteiger partial charge in [0.1, 0.15) is 17.4 Å². The normalized spacial score (nSPS) is 21.8. The van der Waals surface area contributed by atoms with Crippen molar-refractivity contribution < 1.29 is 35.8 Å². The van der Waals surface area contributed by atoms with Crippen LogP contribution in [0.5, 0.6) is 6.01 Å². The molecule has 4 N–H and O–H groups in total. The number of nitrogens with two attached hydrogens (primary N) is 1. The number of nitrogens with zero attached hydrogens (tertiary/aromatic N) is 4. The lowest BCUT2D eigenvalue weighted by atomic mass is 9.93. The third-order valence-electron chi connectivity index (χ3n) is 8.86. The van der Waals surface area contributed by atoms with Crippen molar-refractivity contribution in [3.63, 3.8) is 0 Å². The third kappa shape index (κ3) is 7.03. The zero-order valence-electron chi connectivity index (χ0n) is 25.8. The fraction of sp³-hybridized carbons (Fsp3) is 0.600. The molecule has 4 heterocycles. The van der Waals surface area contributed by atoms with Crippen LogP contribution < -0.4 is 26.2 Å². The number of anilines is 2. The van der Waals surface area contributed by atoms with E-state index in [1.165, 1.54) is 0 Å². The molecule has 0 amide bonds. The van der Waals surface area contributed by atoms with Gasteiger partial charge >= 0.3 is 12.2 Å². The zero-order chi connectivity index (χ0) is 33.4. The van der Waals surface area contributed by atoms with Crippen LogP contribution in [0.2, 0.25) is 0 Å². The Morgan fingerprint density at radius 1 is 1.26 bits per heavy atom. The molecule has 1 unspecified atom stereocenters. The predicted molar refractivity (Wildman–Crippen MR) is 161 cm³/mol. The number of aromatic nitrogens is 2. The highest BCUT2D eigenvalue weighted by atomic mass is 35.5. The number of hydrogen-bond acceptors (Lipinski definition) is 9. The highest BCUT2D eigenvalue weighted by molar-refractivity contribution is 6.24. The summed E-state index contributed by atoms with van der Waals surface area (Å²) in [6.07, 6.45) is -5.91. The first-order valence-corrected chi connectivity index (χ1v) is 15.5. The number of ether oxygens (including phenoxy) is 2. The van der Waals surface area contributed by atoms with E-state index < -0.39 is 51.5 Å². The number of hydrogen-bond donors (Lipinski definition) is 3. The summed E-state index contributed by atoms with van der Waals surface area (Å²) in [7, 11) is 1.74. The Hall–Kier alpha value is -2.85. The molecule has 2 atom stereocenters. The van der Waals surface area contributed by atoms with Crippen LogP contribution in [0.1, 0.15) is 68.0 Å². The van der Waals surface area contributed by atoms with Crippen molar-refractivity contribution in [3.8, 4) is 6.01 Å². The van der Waals surface area contributed by atoms with Crippen LogP contribution in [0.15, 0.2) is 23.8 Å². The highest BCUT2D eigenvalue weighted by Gasteiger charge is 2.48. The lowest BCUT2D eigenvalue weighted by molar-refractivity contribution is -0.140. The van der Waals surface area contributed by atoms with Gasteiger partial charge in [0.25, 0.3) is 6.08 Å². The first-order chi connectivity index (χ1) is 21.6. The molecule has 0 bridgehead atoms. The molecular weight excluding hydrogens is 640 g/mol. The fourth-order valence-corrected chi connectivity index (χ4v) is 6.78. The van der Waals surface area contributed by atoms with Crippen LogP contribution in [-0.4, -0.2) is 65.2 Å². The second kappa shape index (κ2) is 13.3. The molecule has 0 aliphatic carbocycles. The molecule has 1 aromatic carbocycles. The van der Waals surface area contributed by atoms with Crippen LogP contribution in [0.4, 0.5) is 37.8 Å². The SMILES string of the molecule is CNNCCCN(c1nc(OC[C@@]23CCCN2CC(=C(F)F)C3)nc2c1COC(c1c(C(F)(F)F)ccc(N)c1F)C2)C(C)(C)Cl. The molecule has 2 fully saturated rings. The van der Waals surface area contributed by atoms with E-state index in [4.69, 9.17) is 31.8 Å². The maximum absolute atomic E-state index is 15.2. The second-order valence-electron chi connectivity index (χ2n) is 12.4. The van der Waals surface area contributed by atoms with Gasteiger partial charge < -0.3 is 20.1 Å². The summed E-state index contributed by atoms with van der Waals surface area (Å²) in [5.41, 5.74) is 9.41. The number of fused-ring (bicyclic) bond motifs is 2. The van der Waals surface area contributed by atoms with E-state index in [0.29, 0.717) is 49.6 Å². The van der Waals surface area contributed by atoms with Gasteiger partial charge in [0.15, 0.2) is 5.82 Å². The maximum atomic E-state index is 15.2. The average Bonchev–Trinajstić information content (AvgIpc) is 3.53. The van der Waals surface area contributed by atoms with Gasteiger partial charge in [-0.05, 0) is 65.3 Å². The number of halogens is 7. The van der Waals surface area contributed by atoms with Gasteiger partial charge in [0, 0.05) is 42.8 Å². The van der Waals surface area contributed by atoms with E-state index in [2.05, 4.69) is 15.8 Å². The van der Waals surface area contributed by atoms with E-state index in [0.717, 1.165) is 18.6 Å². The number of nitrogens with one attached hydrogen (secondary N) is 2. The average molecular weight is 678 g/mol. The van der Waals surface area contributed by atoms with Crippen LogP contribution in [-0.2, 0) is 23.9 Å². The number of nitrogen functional groups attached to an aromatic ring is 1. The van der Waals surface area contributed by atoms with E-state index >= 15 is 4.39 Å². The van der Waals surface area contributed by atoms with Crippen molar-refractivity contribution in [1.29, 1.82) is 0 Å². The summed E-state index contributed by atoms with van der Waals surface area (Å²) in [4.78, 5) is 12.1. The fourth-order valence-electron chi connectivity index (χ4n) is 6.61. The summed E-state index contributed by atoms with van der Waals surface area (Å²) in [5, 5.41) is 0. The minimum Gasteiger partial charge on any atom is -0.461 e. The van der Waals surface area contributed by atoms with Gasteiger partial charge in [-0.1, -0.05) is 11.6 Å². The van der Waals surface area contributed by atoms with Gasteiger partial charge in [0.2, 0.25) is 0 Å². The molecule has 5 rings (SSSR count). The summed E-state index contributed by atoms with van der Waals surface area (Å²) in [6, 6.07) is 1.52. The van der Waals surface area contributed by atoms with Crippen molar-refractivity contribution in [2.24, 2.45) is 0 Å². The highest BCUT2D eigenvalue weighted by Crippen LogP contribution is 2.45. The summed E-state index contributed by atoms with van der Waals surface area (Å²) in [5.74, 6) is -0.852. The third-order valence-corrected chi connectivity index (χ3v) is 9.06. The molecule has 16 heteroatoms. The van der Waals surface area contributed by atoms with Crippen molar-refractivity contribution in [2.45, 2.75) is 75.4 Å². The summed E-state index contributed by atoms with van der Waals surface area (Å²) < 4.78 is 96.4. The van der Waals surface area contributed by atoms with Gasteiger partial charge in [-0.3, -0.25) is 15.8 Å². The second-order valence-corrected chi connectivity index (χ2v) is 13.3. The van der Waals surface area contributed by atoms with Crippen LogP contribution >= 0.6 is 11.6 Å². The van der Waals surface area contributed by atoms with Crippen molar-refractivity contribution >= 4 is 23.1 Å². The molecule has 0 spiro atoms. The van der Waals surface area contributed by atoms with Crippen LogP contribution in [0.3, 0.4) is 0 Å². The van der Waals surface area contributed by atoms with Crippen LogP contribution in [0.25, 0.3) is 0 Å². The molecule has 0 radical (unpaired) electrons. The molecule has 254 valence electrons. The summed E-state index contributed by atoms with van der Waals surface area (Å²) in [6.45, 7) is 5.14. The molecular formula is C30H38ClF6N7O2. The Bertz CT molecular complexity index is 1470. The topological polar surface area (TPSA) is 101 Å². The summed E-state index contributed by atoms with van der Waals surface area (Å²) >= 11 is 6.85. The number of alkyl halides is 4. The Labute approximate surface area is 268 Å². The Morgan fingerprint density at radius 3 is 2.70 bits per heavy atom. The van der Waals surface area contributed by atoms with E-state index in [1.54, 1.807) is 20.9 Å². The lowest BCUT2D eigenvalue weighted by Gasteiger charge is -2.38. The molecule has 2 saturated heterocycles. The molecule has 3 aliphatic heterocycles. The smallest absolute Gasteiger partial charge is 0.416 e. The quantitative estimate of drug-likeness (QED) is 0.0692. The van der Waals surface area contributed by atoms with Crippen molar-refractivity contribution in [2.75, 3.05) is 50.5 Å². The first-order valence-electron chi connectivity index (χ1n) is 15.1. The number of rotatable bonds is 11. The molecule has 1 aromatic heterocycles. The van der Waals surface area contributed by atoms with Gasteiger partial charge in [-0.25, -0.2) is 4.39 Å². The van der Waals surface area contributed by atoms with E-state index in [1.807, 2.05) is 9.80 Å². The zero-order valence-corrected chi connectivity index (χ0v) is 26.6. The molecule has 0 saturated carbocycles. The molecule has 2 aromatic rings. The Balaban J connectivity index is 1.54. The van der Waals surface area contributed by atoms with Crippen LogP contribution in [0, 0.1) is 5.82 Å². The lowest BCUT2D eigenvalue weighted by Crippen LogP contribution is -2.44. The van der Waals surface area contributed by atoms with Gasteiger partial charge in [0.05, 0.1) is 35.2 Å². The largest absolute Gasteiger partial charge is 0.461 e. The Morgan fingerprint density at radius 2 is 2.02 bits per heavy atom. The van der Waals surface area contributed by atoms with Gasteiger partial charge in [-0.2, -0.15) is 31.9 Å². The minimum atomic E-state index is -4.86. The molecule has 46 heavy (non-hydrogen) atoms. The standard InChI is InChI=1S/C30H38ClF6N7O2/c1-28(2,31)44(11-5-9-40-39-3)26-18-15-45-22(23-19(30(35,36)37)6-7-20(38)24(23)32)12-21(18)41-27(42-26)46-16-29-8-4-10-43(29)14-17(13-29)25(33)34/h6-7,22,39-40H,4-5,8-16,38H2,1-3H3/t22?,29-/m0/s1. The predicted octanol–water partition coefficient (Wildman–Crippen LogP) is 5.69. The van der Waals surface area contributed by atoms with Crippen molar-refractivity contribution in [3.05, 3.63) is 52.0 Å². The monoisotopic (exact) mass is 677 g/mol. The van der Waals surface area contributed by atoms with E-state index in [-0.39, 0.29) is 44.2 Å². The number of benzene rings is 1. The Kier molecular flexibility index (Phi) is 10.00. The minimum absolute atomic E-state index is 0.0281. The number of hydrazine groups is 1. The van der Waals surface area contributed by atoms with E-state index in [9.17, 15) is 22.0 Å².